The van der Waals surface area contributed by atoms with Crippen LogP contribution in [0.2, 0.25) is 11.1 Å². The van der Waals surface area contributed by atoms with Crippen molar-refractivity contribution in [3.63, 3.8) is 0 Å². The molecule has 1 nitrogen and oxygen atoms in total. The van der Waals surface area contributed by atoms with Gasteiger partial charge in [-0.1, -0.05) is 113 Å². The Hall–Kier alpha value is -1.52. The SMILES string of the molecule is CC(C)(C)[C@H]1OC[C@H](C[Si](c2ccccc2)(c2ccccc2)C(C)(C)C)CC1(F)F. The lowest BCUT2D eigenvalue weighted by Gasteiger charge is -2.49. The second-order valence-corrected chi connectivity index (χ2v) is 15.9. The van der Waals surface area contributed by atoms with Crippen LogP contribution in [0.4, 0.5) is 8.78 Å². The third-order valence-electron chi connectivity index (χ3n) is 6.64. The summed E-state index contributed by atoms with van der Waals surface area (Å²) in [6.45, 7) is 12.8. The normalized spacial score (nSPS) is 22.7. The molecule has 0 saturated carbocycles. The molecule has 3 rings (SSSR count). The van der Waals surface area contributed by atoms with E-state index in [1.54, 1.807) is 0 Å². The van der Waals surface area contributed by atoms with Crippen molar-refractivity contribution in [1.29, 1.82) is 0 Å². The van der Waals surface area contributed by atoms with E-state index < -0.39 is 25.5 Å². The Labute approximate surface area is 181 Å². The van der Waals surface area contributed by atoms with E-state index in [0.717, 1.165) is 6.04 Å². The van der Waals surface area contributed by atoms with Crippen molar-refractivity contribution >= 4 is 18.4 Å². The number of halogens is 2. The number of hydrogen-bond donors (Lipinski definition) is 0. The molecule has 0 N–H and O–H groups in total. The second kappa shape index (κ2) is 8.20. The smallest absolute Gasteiger partial charge is 0.274 e. The highest BCUT2D eigenvalue weighted by Crippen LogP contribution is 2.47. The standard InChI is InChI=1S/C26H36F2OSi/c1-24(2,3)23-26(27,28)17-20(18-29-23)19-30(25(4,5)6,21-13-9-7-10-14-21)22-15-11-8-12-16-22/h7-16,20,23H,17-19H2,1-6H3/t20-,23-/m1/s1. The van der Waals surface area contributed by atoms with Crippen molar-refractivity contribution in [2.45, 2.75) is 71.1 Å². The summed E-state index contributed by atoms with van der Waals surface area (Å²) in [6.07, 6.45) is -1.13. The van der Waals surface area contributed by atoms with Crippen LogP contribution in [0.1, 0.15) is 48.0 Å². The number of benzene rings is 2. The number of ether oxygens (including phenoxy) is 1. The van der Waals surface area contributed by atoms with Gasteiger partial charge in [0.05, 0.1) is 6.61 Å². The van der Waals surface area contributed by atoms with E-state index in [1.807, 2.05) is 32.9 Å². The predicted molar refractivity (Wildman–Crippen MR) is 125 cm³/mol. The summed E-state index contributed by atoms with van der Waals surface area (Å²) in [7, 11) is -2.38. The van der Waals surface area contributed by atoms with Gasteiger partial charge in [0.25, 0.3) is 5.92 Å². The third-order valence-corrected chi connectivity index (χ3v) is 13.0. The number of rotatable bonds is 4. The van der Waals surface area contributed by atoms with Crippen LogP contribution in [0.5, 0.6) is 0 Å². The van der Waals surface area contributed by atoms with Gasteiger partial charge in [-0.2, -0.15) is 0 Å². The topological polar surface area (TPSA) is 9.23 Å². The summed E-state index contributed by atoms with van der Waals surface area (Å²) in [5, 5.41) is 2.58. The first-order chi connectivity index (χ1) is 13.9. The van der Waals surface area contributed by atoms with Gasteiger partial charge in [0.15, 0.2) is 0 Å². The van der Waals surface area contributed by atoms with Gasteiger partial charge in [-0.15, -0.1) is 0 Å². The summed E-state index contributed by atoms with van der Waals surface area (Å²) in [6, 6.07) is 21.9. The van der Waals surface area contributed by atoms with E-state index in [-0.39, 0.29) is 17.4 Å². The first kappa shape index (κ1) is 23.1. The minimum atomic E-state index is -2.81. The Morgan fingerprint density at radius 1 is 0.867 bits per heavy atom. The summed E-state index contributed by atoms with van der Waals surface area (Å²) in [5.74, 6) is -2.98. The second-order valence-electron chi connectivity index (χ2n) is 11.0. The summed E-state index contributed by atoms with van der Waals surface area (Å²) in [5.41, 5.74) is -0.578. The molecule has 0 amide bonds. The van der Waals surface area contributed by atoms with Crippen LogP contribution in [0.15, 0.2) is 60.7 Å². The average molecular weight is 431 g/mol. The lowest BCUT2D eigenvalue weighted by Crippen LogP contribution is -2.66. The molecule has 2 aromatic carbocycles. The van der Waals surface area contributed by atoms with Crippen LogP contribution >= 0.6 is 0 Å². The largest absolute Gasteiger partial charge is 0.371 e. The quantitative estimate of drug-likeness (QED) is 0.530. The number of alkyl halides is 2. The zero-order chi connectivity index (χ0) is 22.2. The predicted octanol–water partition coefficient (Wildman–Crippen LogP) is 6.14. The van der Waals surface area contributed by atoms with Crippen molar-refractivity contribution in [2.24, 2.45) is 11.3 Å². The van der Waals surface area contributed by atoms with Crippen molar-refractivity contribution in [1.82, 2.24) is 0 Å². The first-order valence-corrected chi connectivity index (χ1v) is 13.2. The van der Waals surface area contributed by atoms with E-state index in [2.05, 4.69) is 69.3 Å². The molecule has 1 aliphatic rings. The fourth-order valence-electron chi connectivity index (χ4n) is 5.37. The van der Waals surface area contributed by atoms with E-state index in [9.17, 15) is 0 Å². The summed E-state index contributed by atoms with van der Waals surface area (Å²) < 4.78 is 36.2. The molecule has 1 saturated heterocycles. The number of hydrogen-bond acceptors (Lipinski definition) is 1. The van der Waals surface area contributed by atoms with Gasteiger partial charge >= 0.3 is 0 Å². The van der Waals surface area contributed by atoms with Gasteiger partial charge in [-0.25, -0.2) is 8.78 Å². The Balaban J connectivity index is 2.05. The highest BCUT2D eigenvalue weighted by molar-refractivity contribution is 7.04. The third kappa shape index (κ3) is 4.40. The molecule has 4 heteroatoms. The maximum absolute atomic E-state index is 15.2. The molecule has 0 unspecified atom stereocenters. The zero-order valence-corrected chi connectivity index (χ0v) is 20.2. The highest BCUT2D eigenvalue weighted by Gasteiger charge is 2.55. The average Bonchev–Trinajstić information content (AvgIpc) is 2.64. The van der Waals surface area contributed by atoms with E-state index in [1.165, 1.54) is 10.4 Å². The molecule has 1 heterocycles. The molecule has 1 aliphatic heterocycles. The van der Waals surface area contributed by atoms with Gasteiger partial charge in [0, 0.05) is 6.42 Å². The summed E-state index contributed by atoms with van der Waals surface area (Å²) >= 11 is 0. The van der Waals surface area contributed by atoms with E-state index in [4.69, 9.17) is 4.74 Å². The molecular formula is C26H36F2OSi. The molecule has 0 aliphatic carbocycles. The zero-order valence-electron chi connectivity index (χ0n) is 19.2. The molecule has 30 heavy (non-hydrogen) atoms. The first-order valence-electron chi connectivity index (χ1n) is 11.0. The maximum atomic E-state index is 15.2. The minimum Gasteiger partial charge on any atom is -0.371 e. The maximum Gasteiger partial charge on any atom is 0.274 e. The van der Waals surface area contributed by atoms with Crippen molar-refractivity contribution in [3.05, 3.63) is 60.7 Å². The monoisotopic (exact) mass is 430 g/mol. The van der Waals surface area contributed by atoms with Gasteiger partial charge < -0.3 is 4.74 Å². The van der Waals surface area contributed by atoms with Crippen molar-refractivity contribution in [2.75, 3.05) is 6.61 Å². The Morgan fingerprint density at radius 2 is 1.33 bits per heavy atom. The van der Waals surface area contributed by atoms with Gasteiger partial charge in [0.2, 0.25) is 0 Å². The van der Waals surface area contributed by atoms with Crippen LogP contribution in [0, 0.1) is 11.3 Å². The minimum absolute atomic E-state index is 0.0358. The summed E-state index contributed by atoms with van der Waals surface area (Å²) in [4.78, 5) is 0. The molecule has 0 bridgehead atoms. The molecule has 2 aromatic rings. The fourth-order valence-corrected chi connectivity index (χ4v) is 11.2. The van der Waals surface area contributed by atoms with Gasteiger partial charge in [-0.05, 0) is 22.4 Å². The van der Waals surface area contributed by atoms with Crippen LogP contribution in [-0.2, 0) is 4.74 Å². The Bertz CT molecular complexity index is 782. The molecule has 2 atom stereocenters. The van der Waals surface area contributed by atoms with Crippen LogP contribution in [0.25, 0.3) is 0 Å². The van der Waals surface area contributed by atoms with Crippen molar-refractivity contribution in [3.8, 4) is 0 Å². The van der Waals surface area contributed by atoms with Crippen LogP contribution in [0.3, 0.4) is 0 Å². The molecule has 0 radical (unpaired) electrons. The van der Waals surface area contributed by atoms with Crippen molar-refractivity contribution < 1.29 is 13.5 Å². The van der Waals surface area contributed by atoms with Gasteiger partial charge in [0.1, 0.15) is 14.2 Å². The molecule has 0 spiro atoms. The van der Waals surface area contributed by atoms with E-state index in [0.29, 0.717) is 6.61 Å². The van der Waals surface area contributed by atoms with E-state index >= 15 is 8.78 Å². The highest BCUT2D eigenvalue weighted by atomic mass is 28.3. The van der Waals surface area contributed by atoms with Crippen LogP contribution < -0.4 is 10.4 Å². The van der Waals surface area contributed by atoms with Gasteiger partial charge in [-0.3, -0.25) is 0 Å². The lowest BCUT2D eigenvalue weighted by atomic mass is 9.80. The molecule has 0 aromatic heterocycles. The molecule has 1 fully saturated rings. The van der Waals surface area contributed by atoms with Crippen LogP contribution in [-0.4, -0.2) is 26.7 Å². The Morgan fingerprint density at radius 3 is 1.70 bits per heavy atom. The molecule has 164 valence electrons. The fraction of sp³-hybridized carbons (Fsp3) is 0.538. The Kier molecular flexibility index (Phi) is 6.32. The lowest BCUT2D eigenvalue weighted by molar-refractivity contribution is -0.220. The molecular weight excluding hydrogens is 394 g/mol.